The molecule has 0 radical (unpaired) electrons. The Hall–Kier alpha value is -1.83. The van der Waals surface area contributed by atoms with Crippen molar-refractivity contribution in [1.82, 2.24) is 20.2 Å². The van der Waals surface area contributed by atoms with E-state index in [4.69, 9.17) is 0 Å². The number of thioether (sulfide) groups is 1. The van der Waals surface area contributed by atoms with Crippen molar-refractivity contribution < 1.29 is 9.59 Å². The monoisotopic (exact) mass is 352 g/mol. The van der Waals surface area contributed by atoms with Crippen molar-refractivity contribution in [3.8, 4) is 0 Å². The summed E-state index contributed by atoms with van der Waals surface area (Å²) in [5, 5.41) is 3.41. The van der Waals surface area contributed by atoms with Crippen LogP contribution in [0, 0.1) is 12.8 Å². The lowest BCUT2D eigenvalue weighted by Crippen LogP contribution is -2.40. The number of aryl methyl sites for hydroxylation is 1. The van der Waals surface area contributed by atoms with E-state index in [0.29, 0.717) is 29.9 Å². The molecule has 2 rings (SSSR count). The Morgan fingerprint density at radius 3 is 2.83 bits per heavy atom. The van der Waals surface area contributed by atoms with E-state index in [9.17, 15) is 14.4 Å². The molecule has 1 aliphatic rings. The quantitative estimate of drug-likeness (QED) is 0.587. The number of hydrogen-bond acceptors (Lipinski definition) is 5. The topological polar surface area (TPSA) is 95.2 Å². The van der Waals surface area contributed by atoms with E-state index in [1.165, 1.54) is 24.8 Å². The Labute approximate surface area is 145 Å². The zero-order chi connectivity index (χ0) is 17.7. The smallest absolute Gasteiger partial charge is 0.251 e. The van der Waals surface area contributed by atoms with Crippen molar-refractivity contribution in [2.45, 2.75) is 44.8 Å². The van der Waals surface area contributed by atoms with Crippen LogP contribution < -0.4 is 10.9 Å². The molecule has 24 heavy (non-hydrogen) atoms. The number of carbonyl (C=O) groups is 2. The average molecular weight is 352 g/mol. The Balaban J connectivity index is 1.94. The summed E-state index contributed by atoms with van der Waals surface area (Å²) in [5.74, 6) is 0.451. The second-order valence-corrected chi connectivity index (χ2v) is 7.10. The summed E-state index contributed by atoms with van der Waals surface area (Å²) in [6, 6.07) is 1.44. The van der Waals surface area contributed by atoms with Crippen LogP contribution in [0.3, 0.4) is 0 Å². The van der Waals surface area contributed by atoms with Gasteiger partial charge in [-0.05, 0) is 19.3 Å². The zero-order valence-corrected chi connectivity index (χ0v) is 15.1. The molecule has 0 aliphatic carbocycles. The van der Waals surface area contributed by atoms with Crippen LogP contribution in [0.25, 0.3) is 0 Å². The second kappa shape index (κ2) is 8.32. The number of aromatic nitrogens is 2. The molecular weight excluding hydrogens is 328 g/mol. The minimum atomic E-state index is -0.215. The van der Waals surface area contributed by atoms with E-state index in [0.717, 1.165) is 12.8 Å². The third-order valence-corrected chi connectivity index (χ3v) is 4.88. The number of carbonyl (C=O) groups excluding carboxylic acids is 2. The Morgan fingerprint density at radius 2 is 2.21 bits per heavy atom. The van der Waals surface area contributed by atoms with Gasteiger partial charge in [0.2, 0.25) is 11.8 Å². The van der Waals surface area contributed by atoms with Gasteiger partial charge in [-0.1, -0.05) is 25.1 Å². The van der Waals surface area contributed by atoms with Crippen LogP contribution in [0.4, 0.5) is 0 Å². The molecule has 0 unspecified atom stereocenters. The lowest BCUT2D eigenvalue weighted by atomic mass is 9.98. The van der Waals surface area contributed by atoms with E-state index in [1.807, 2.05) is 0 Å². The molecule has 1 aromatic heterocycles. The van der Waals surface area contributed by atoms with Gasteiger partial charge in [0.25, 0.3) is 5.56 Å². The molecule has 132 valence electrons. The number of nitrogens with one attached hydrogen (secondary N) is 2. The highest BCUT2D eigenvalue weighted by atomic mass is 32.2. The van der Waals surface area contributed by atoms with Crippen LogP contribution >= 0.6 is 11.8 Å². The van der Waals surface area contributed by atoms with E-state index in [1.54, 1.807) is 11.8 Å². The Bertz CT molecular complexity index is 661. The van der Waals surface area contributed by atoms with E-state index < -0.39 is 0 Å². The molecule has 1 aromatic rings. The fourth-order valence-corrected chi connectivity index (χ4v) is 3.83. The highest BCUT2D eigenvalue weighted by Gasteiger charge is 2.34. The molecule has 7 nitrogen and oxygen atoms in total. The predicted molar refractivity (Wildman–Crippen MR) is 92.9 cm³/mol. The molecule has 1 saturated heterocycles. The maximum Gasteiger partial charge on any atom is 0.251 e. The summed E-state index contributed by atoms with van der Waals surface area (Å²) in [4.78, 5) is 43.8. The first-order chi connectivity index (χ1) is 11.4. The molecule has 2 atom stereocenters. The molecule has 0 aromatic carbocycles. The summed E-state index contributed by atoms with van der Waals surface area (Å²) in [7, 11) is 0. The fraction of sp³-hybridized carbons (Fsp3) is 0.625. The molecule has 0 bridgehead atoms. The molecule has 2 heterocycles. The summed E-state index contributed by atoms with van der Waals surface area (Å²) in [6.07, 6.45) is 2.00. The number of nitrogens with zero attached hydrogens (tertiary/aromatic N) is 2. The molecule has 0 saturated carbocycles. The Morgan fingerprint density at radius 1 is 1.46 bits per heavy atom. The maximum absolute atomic E-state index is 12.4. The standard InChI is InChI=1S/C16H24N4O3S/c1-4-5-12-7-20(8-13(12)18-11(3)21)15(23)9-24-16-17-10(2)6-14(22)19-16/h6,12-13H,4-5,7-9H2,1-3H3,(H,18,21)(H,17,19,22)/t12-,13-/m1/s1. The highest BCUT2D eigenvalue weighted by molar-refractivity contribution is 7.99. The van der Waals surface area contributed by atoms with Gasteiger partial charge in [0.15, 0.2) is 5.16 Å². The van der Waals surface area contributed by atoms with Crippen LogP contribution in [0.2, 0.25) is 0 Å². The number of H-pyrrole nitrogens is 1. The number of amides is 2. The number of hydrogen-bond donors (Lipinski definition) is 2. The normalized spacial score (nSPS) is 20.2. The van der Waals surface area contributed by atoms with E-state index in [2.05, 4.69) is 22.2 Å². The van der Waals surface area contributed by atoms with Crippen LogP contribution in [0.1, 0.15) is 32.4 Å². The van der Waals surface area contributed by atoms with Crippen LogP contribution in [-0.2, 0) is 9.59 Å². The fourth-order valence-electron chi connectivity index (χ4n) is 3.00. The molecular formula is C16H24N4O3S. The van der Waals surface area contributed by atoms with Gasteiger partial charge in [0.1, 0.15) is 0 Å². The summed E-state index contributed by atoms with van der Waals surface area (Å²) >= 11 is 1.23. The van der Waals surface area contributed by atoms with Gasteiger partial charge in [-0.2, -0.15) is 0 Å². The van der Waals surface area contributed by atoms with Crippen molar-refractivity contribution in [3.63, 3.8) is 0 Å². The zero-order valence-electron chi connectivity index (χ0n) is 14.3. The van der Waals surface area contributed by atoms with Gasteiger partial charge in [-0.3, -0.25) is 14.4 Å². The number of rotatable bonds is 6. The van der Waals surface area contributed by atoms with Crippen LogP contribution in [0.15, 0.2) is 16.0 Å². The lowest BCUT2D eigenvalue weighted by Gasteiger charge is -2.17. The van der Waals surface area contributed by atoms with E-state index in [-0.39, 0.29) is 29.2 Å². The molecule has 2 amide bonds. The third-order valence-electron chi connectivity index (χ3n) is 4.02. The van der Waals surface area contributed by atoms with Gasteiger partial charge >= 0.3 is 0 Å². The third kappa shape index (κ3) is 5.09. The van der Waals surface area contributed by atoms with Gasteiger partial charge in [-0.25, -0.2) is 4.98 Å². The van der Waals surface area contributed by atoms with E-state index >= 15 is 0 Å². The minimum Gasteiger partial charge on any atom is -0.351 e. The highest BCUT2D eigenvalue weighted by Crippen LogP contribution is 2.23. The van der Waals surface area contributed by atoms with Crippen molar-refractivity contribution in [3.05, 3.63) is 22.1 Å². The van der Waals surface area contributed by atoms with Gasteiger partial charge in [0, 0.05) is 31.8 Å². The first-order valence-electron chi connectivity index (χ1n) is 8.14. The Kier molecular flexibility index (Phi) is 6.42. The second-order valence-electron chi connectivity index (χ2n) is 6.14. The molecule has 1 aliphatic heterocycles. The molecule has 2 N–H and O–H groups in total. The van der Waals surface area contributed by atoms with Gasteiger partial charge < -0.3 is 15.2 Å². The molecule has 8 heteroatoms. The number of likely N-dealkylation sites (tertiary alicyclic amines) is 1. The minimum absolute atomic E-state index is 0.00175. The maximum atomic E-state index is 12.4. The van der Waals surface area contributed by atoms with Crippen molar-refractivity contribution in [2.24, 2.45) is 5.92 Å². The summed E-state index contributed by atoms with van der Waals surface area (Å²) in [5.41, 5.74) is 0.413. The first-order valence-corrected chi connectivity index (χ1v) is 9.13. The van der Waals surface area contributed by atoms with Crippen molar-refractivity contribution in [1.29, 1.82) is 0 Å². The summed E-state index contributed by atoms with van der Waals surface area (Å²) in [6.45, 7) is 6.56. The SMILES string of the molecule is CCC[C@@H]1CN(C(=O)CSc2nc(C)cc(=O)[nH]2)C[C@H]1NC(C)=O. The van der Waals surface area contributed by atoms with Gasteiger partial charge in [-0.15, -0.1) is 0 Å². The molecule has 1 fully saturated rings. The summed E-state index contributed by atoms with van der Waals surface area (Å²) < 4.78 is 0. The largest absolute Gasteiger partial charge is 0.351 e. The predicted octanol–water partition coefficient (Wildman–Crippen LogP) is 0.934. The van der Waals surface area contributed by atoms with Crippen LogP contribution in [0.5, 0.6) is 0 Å². The molecule has 0 spiro atoms. The lowest BCUT2D eigenvalue weighted by molar-refractivity contribution is -0.127. The number of aromatic amines is 1. The average Bonchev–Trinajstić information content (AvgIpc) is 2.86. The van der Waals surface area contributed by atoms with Crippen molar-refractivity contribution >= 4 is 23.6 Å². The van der Waals surface area contributed by atoms with Crippen LogP contribution in [-0.4, -0.2) is 51.6 Å². The first kappa shape index (κ1) is 18.5. The van der Waals surface area contributed by atoms with Gasteiger partial charge in [0.05, 0.1) is 11.8 Å². The van der Waals surface area contributed by atoms with Crippen molar-refractivity contribution in [2.75, 3.05) is 18.8 Å².